The SMILES string of the molecule is C=CCN1C(=O)N[C@@H](c2cccc(Cl)c2)C(C(=O)OCC)=C1CN1CCN(C(=O)c2cccc(F)c2)[C@H](C)C1. The predicted molar refractivity (Wildman–Crippen MR) is 147 cm³/mol. The van der Waals surface area contributed by atoms with Crippen molar-refractivity contribution in [1.82, 2.24) is 20.0 Å². The molecule has 2 aromatic carbocycles. The highest BCUT2D eigenvalue weighted by Crippen LogP contribution is 2.33. The molecule has 2 aromatic rings. The molecule has 1 saturated heterocycles. The lowest BCUT2D eigenvalue weighted by atomic mass is 9.94. The van der Waals surface area contributed by atoms with E-state index in [2.05, 4.69) is 16.8 Å². The number of halogens is 2. The van der Waals surface area contributed by atoms with Gasteiger partial charge in [-0.3, -0.25) is 14.6 Å². The fourth-order valence-corrected chi connectivity index (χ4v) is 5.26. The lowest BCUT2D eigenvalue weighted by Crippen LogP contribution is -2.56. The first kappa shape index (κ1) is 28.3. The molecular formula is C29H32ClFN4O4. The van der Waals surface area contributed by atoms with Crippen LogP contribution in [0.3, 0.4) is 0 Å². The number of carbonyl (C=O) groups excluding carboxylic acids is 3. The number of nitrogens with one attached hydrogen (secondary N) is 1. The molecular weight excluding hydrogens is 523 g/mol. The van der Waals surface area contributed by atoms with Gasteiger partial charge in [0.2, 0.25) is 0 Å². The standard InChI is InChI=1S/C29H32ClFN4O4/c1-4-12-35-24(18-33-13-14-34(19(3)17-33)27(36)21-9-7-11-23(31)16-21)25(28(37)39-5-2)26(32-29(35)38)20-8-6-10-22(30)15-20/h4,6-11,15-16,19,26H,1,5,12-14,17-18H2,2-3H3,(H,32,38)/t19-,26+/m1/s1. The number of amides is 3. The Bertz CT molecular complexity index is 1300. The molecule has 0 aromatic heterocycles. The highest BCUT2D eigenvalue weighted by atomic mass is 35.5. The summed E-state index contributed by atoms with van der Waals surface area (Å²) in [5.41, 5.74) is 1.80. The third-order valence-corrected chi connectivity index (χ3v) is 7.08. The summed E-state index contributed by atoms with van der Waals surface area (Å²) in [5.74, 6) is -1.23. The third kappa shape index (κ3) is 6.32. The van der Waals surface area contributed by atoms with Crippen molar-refractivity contribution in [2.75, 3.05) is 39.3 Å². The van der Waals surface area contributed by atoms with Crippen LogP contribution in [0.15, 0.2) is 72.5 Å². The number of ether oxygens (including phenoxy) is 1. The van der Waals surface area contributed by atoms with Crippen LogP contribution in [0.4, 0.5) is 9.18 Å². The molecule has 10 heteroatoms. The van der Waals surface area contributed by atoms with E-state index < -0.39 is 17.8 Å². The zero-order chi connectivity index (χ0) is 28.1. The lowest BCUT2D eigenvalue weighted by Gasteiger charge is -2.43. The molecule has 8 nitrogen and oxygen atoms in total. The molecule has 2 aliphatic rings. The Morgan fingerprint density at radius 1 is 1.21 bits per heavy atom. The Kier molecular flexibility index (Phi) is 9.04. The second kappa shape index (κ2) is 12.4. The van der Waals surface area contributed by atoms with E-state index >= 15 is 0 Å². The molecule has 2 atom stereocenters. The van der Waals surface area contributed by atoms with Gasteiger partial charge in [0.05, 0.1) is 18.2 Å². The van der Waals surface area contributed by atoms with Crippen LogP contribution in [0.5, 0.6) is 0 Å². The summed E-state index contributed by atoms with van der Waals surface area (Å²) in [4.78, 5) is 45.0. The fraction of sp³-hybridized carbons (Fsp3) is 0.345. The molecule has 0 radical (unpaired) electrons. The quantitative estimate of drug-likeness (QED) is 0.386. The Labute approximate surface area is 232 Å². The van der Waals surface area contributed by atoms with E-state index in [1.807, 2.05) is 6.92 Å². The number of urea groups is 1. The maximum absolute atomic E-state index is 13.7. The third-order valence-electron chi connectivity index (χ3n) is 6.84. The molecule has 206 valence electrons. The van der Waals surface area contributed by atoms with Gasteiger partial charge in [-0.25, -0.2) is 14.0 Å². The molecule has 0 spiro atoms. The van der Waals surface area contributed by atoms with Gasteiger partial charge in [0.25, 0.3) is 5.91 Å². The van der Waals surface area contributed by atoms with Gasteiger partial charge in [-0.15, -0.1) is 6.58 Å². The van der Waals surface area contributed by atoms with Gasteiger partial charge in [-0.05, 0) is 49.7 Å². The maximum Gasteiger partial charge on any atom is 0.338 e. The highest BCUT2D eigenvalue weighted by molar-refractivity contribution is 6.30. The number of hydrogen-bond acceptors (Lipinski definition) is 5. The molecule has 3 amide bonds. The minimum atomic E-state index is -0.750. The van der Waals surface area contributed by atoms with Crippen LogP contribution < -0.4 is 5.32 Å². The Morgan fingerprint density at radius 2 is 1.97 bits per heavy atom. The second-order valence-electron chi connectivity index (χ2n) is 9.51. The molecule has 2 aliphatic heterocycles. The molecule has 0 saturated carbocycles. The summed E-state index contributed by atoms with van der Waals surface area (Å²) in [6, 6.07) is 11.4. The first-order valence-electron chi connectivity index (χ1n) is 12.9. The number of benzene rings is 2. The molecule has 0 aliphatic carbocycles. The summed E-state index contributed by atoms with van der Waals surface area (Å²) in [6.45, 7) is 9.47. The van der Waals surface area contributed by atoms with Crippen LogP contribution in [-0.2, 0) is 9.53 Å². The van der Waals surface area contributed by atoms with Crippen molar-refractivity contribution in [1.29, 1.82) is 0 Å². The molecule has 0 bridgehead atoms. The van der Waals surface area contributed by atoms with E-state index in [1.54, 1.807) is 48.2 Å². The van der Waals surface area contributed by atoms with E-state index in [0.29, 0.717) is 47.1 Å². The van der Waals surface area contributed by atoms with Gasteiger partial charge in [0.1, 0.15) is 5.82 Å². The van der Waals surface area contributed by atoms with Gasteiger partial charge in [-0.2, -0.15) is 0 Å². The molecule has 1 N–H and O–H groups in total. The smallest absolute Gasteiger partial charge is 0.338 e. The molecule has 0 unspecified atom stereocenters. The van der Waals surface area contributed by atoms with E-state index in [1.165, 1.54) is 23.1 Å². The fourth-order valence-electron chi connectivity index (χ4n) is 5.06. The van der Waals surface area contributed by atoms with Crippen LogP contribution >= 0.6 is 11.6 Å². The summed E-state index contributed by atoms with van der Waals surface area (Å²) in [5, 5.41) is 3.40. The van der Waals surface area contributed by atoms with Crippen molar-refractivity contribution >= 4 is 29.5 Å². The van der Waals surface area contributed by atoms with Crippen molar-refractivity contribution in [3.05, 3.63) is 94.4 Å². The predicted octanol–water partition coefficient (Wildman–Crippen LogP) is 4.40. The number of rotatable bonds is 8. The van der Waals surface area contributed by atoms with Crippen LogP contribution in [0, 0.1) is 5.82 Å². The van der Waals surface area contributed by atoms with Crippen LogP contribution in [0.25, 0.3) is 0 Å². The first-order chi connectivity index (χ1) is 18.7. The number of carbonyl (C=O) groups is 3. The largest absolute Gasteiger partial charge is 0.463 e. The van der Waals surface area contributed by atoms with Gasteiger partial charge < -0.3 is 15.0 Å². The average molecular weight is 555 g/mol. The van der Waals surface area contributed by atoms with Crippen molar-refractivity contribution < 1.29 is 23.5 Å². The number of nitrogens with zero attached hydrogens (tertiary/aromatic N) is 3. The lowest BCUT2D eigenvalue weighted by molar-refractivity contribution is -0.139. The molecule has 4 rings (SSSR count). The number of esters is 1. The first-order valence-corrected chi connectivity index (χ1v) is 13.2. The summed E-state index contributed by atoms with van der Waals surface area (Å²) < 4.78 is 19.1. The van der Waals surface area contributed by atoms with Crippen molar-refractivity contribution in [2.24, 2.45) is 0 Å². The zero-order valence-electron chi connectivity index (χ0n) is 22.0. The van der Waals surface area contributed by atoms with E-state index in [0.717, 1.165) is 0 Å². The van der Waals surface area contributed by atoms with E-state index in [-0.39, 0.29) is 37.7 Å². The van der Waals surface area contributed by atoms with Gasteiger partial charge in [0.15, 0.2) is 0 Å². The number of piperazine rings is 1. The Hall–Kier alpha value is -3.69. The average Bonchev–Trinajstić information content (AvgIpc) is 2.90. The van der Waals surface area contributed by atoms with Gasteiger partial charge in [-0.1, -0.05) is 35.9 Å². The van der Waals surface area contributed by atoms with Crippen LogP contribution in [0.2, 0.25) is 5.02 Å². The number of hydrogen-bond donors (Lipinski definition) is 1. The highest BCUT2D eigenvalue weighted by Gasteiger charge is 2.39. The monoisotopic (exact) mass is 554 g/mol. The molecule has 39 heavy (non-hydrogen) atoms. The minimum absolute atomic E-state index is 0.172. The topological polar surface area (TPSA) is 82.2 Å². The zero-order valence-corrected chi connectivity index (χ0v) is 22.8. The van der Waals surface area contributed by atoms with E-state index in [9.17, 15) is 18.8 Å². The van der Waals surface area contributed by atoms with Gasteiger partial charge in [0, 0.05) is 55.0 Å². The second-order valence-corrected chi connectivity index (χ2v) is 9.95. The maximum atomic E-state index is 13.7. The molecule has 2 heterocycles. The van der Waals surface area contributed by atoms with Crippen molar-refractivity contribution in [3.8, 4) is 0 Å². The summed E-state index contributed by atoms with van der Waals surface area (Å²) in [6.07, 6.45) is 1.60. The normalized spacial score (nSPS) is 20.1. The molecule has 1 fully saturated rings. The van der Waals surface area contributed by atoms with Gasteiger partial charge >= 0.3 is 12.0 Å². The minimum Gasteiger partial charge on any atom is -0.463 e. The van der Waals surface area contributed by atoms with Crippen LogP contribution in [0.1, 0.15) is 35.8 Å². The van der Waals surface area contributed by atoms with Crippen molar-refractivity contribution in [3.63, 3.8) is 0 Å². The Morgan fingerprint density at radius 3 is 2.64 bits per heavy atom. The summed E-state index contributed by atoms with van der Waals surface area (Å²) >= 11 is 6.24. The van der Waals surface area contributed by atoms with E-state index in [4.69, 9.17) is 16.3 Å². The Balaban J connectivity index is 1.65. The van der Waals surface area contributed by atoms with Crippen LogP contribution in [-0.4, -0.2) is 78.0 Å². The van der Waals surface area contributed by atoms with Crippen molar-refractivity contribution in [2.45, 2.75) is 25.9 Å². The summed E-state index contributed by atoms with van der Waals surface area (Å²) in [7, 11) is 0.